The zero-order chi connectivity index (χ0) is 13.1. The first-order chi connectivity index (χ1) is 8.63. The number of halogens is 1. The number of rotatable bonds is 5. The number of aryl methyl sites for hydroxylation is 1. The number of unbranched alkanes of at least 4 members (excludes halogenated alkanes) is 1. The fraction of sp³-hybridized carbons (Fsp3) is 0.533. The Kier molecular flexibility index (Phi) is 4.44. The maximum atomic E-state index is 12.6. The van der Waals surface area contributed by atoms with Gasteiger partial charge in [0.25, 0.3) is 5.91 Å². The van der Waals surface area contributed by atoms with Gasteiger partial charge in [0.05, 0.1) is 5.56 Å². The lowest BCUT2D eigenvalue weighted by Gasteiger charge is -2.23. The summed E-state index contributed by atoms with van der Waals surface area (Å²) in [6, 6.07) is 6.43. The predicted octanol–water partition coefficient (Wildman–Crippen LogP) is 4.16. The number of carbonyl (C=O) groups excluding carboxylic acids is 1. The second-order valence-corrected chi connectivity index (χ2v) is 5.92. The Hall–Kier alpha value is -0.830. The van der Waals surface area contributed by atoms with Crippen molar-refractivity contribution < 1.29 is 4.79 Å². The van der Waals surface area contributed by atoms with E-state index in [1.807, 2.05) is 25.1 Å². The Morgan fingerprint density at radius 3 is 2.72 bits per heavy atom. The van der Waals surface area contributed by atoms with Crippen LogP contribution in [0.5, 0.6) is 0 Å². The van der Waals surface area contributed by atoms with E-state index in [0.29, 0.717) is 6.04 Å². The highest BCUT2D eigenvalue weighted by Gasteiger charge is 2.33. The first kappa shape index (κ1) is 13.6. The summed E-state index contributed by atoms with van der Waals surface area (Å²) in [7, 11) is 0. The molecule has 1 saturated carbocycles. The molecule has 0 radical (unpaired) electrons. The Morgan fingerprint density at radius 1 is 1.44 bits per heavy atom. The van der Waals surface area contributed by atoms with Crippen LogP contribution in [0.1, 0.15) is 48.5 Å². The molecule has 2 nitrogen and oxygen atoms in total. The first-order valence-corrected chi connectivity index (χ1v) is 7.50. The van der Waals surface area contributed by atoms with Crippen LogP contribution in [0.25, 0.3) is 0 Å². The second kappa shape index (κ2) is 5.87. The average Bonchev–Trinajstić information content (AvgIpc) is 3.13. The van der Waals surface area contributed by atoms with Gasteiger partial charge in [-0.05, 0) is 59.8 Å². The summed E-state index contributed by atoms with van der Waals surface area (Å²) in [6.45, 7) is 5.09. The van der Waals surface area contributed by atoms with Gasteiger partial charge in [-0.15, -0.1) is 0 Å². The van der Waals surface area contributed by atoms with E-state index < -0.39 is 0 Å². The van der Waals surface area contributed by atoms with E-state index in [1.165, 1.54) is 18.4 Å². The maximum absolute atomic E-state index is 12.6. The summed E-state index contributed by atoms with van der Waals surface area (Å²) in [5.74, 6) is 0.179. The van der Waals surface area contributed by atoms with Crippen LogP contribution in [0.15, 0.2) is 22.7 Å². The van der Waals surface area contributed by atoms with Gasteiger partial charge in [-0.25, -0.2) is 0 Å². The van der Waals surface area contributed by atoms with Crippen LogP contribution in [0, 0.1) is 6.92 Å². The fourth-order valence-corrected chi connectivity index (χ4v) is 2.78. The Labute approximate surface area is 117 Å². The molecular weight excluding hydrogens is 290 g/mol. The lowest BCUT2D eigenvalue weighted by atomic mass is 10.1. The van der Waals surface area contributed by atoms with Crippen LogP contribution >= 0.6 is 15.9 Å². The first-order valence-electron chi connectivity index (χ1n) is 6.70. The van der Waals surface area contributed by atoms with Crippen LogP contribution in [-0.2, 0) is 0 Å². The van der Waals surface area contributed by atoms with Crippen molar-refractivity contribution in [3.05, 3.63) is 33.8 Å². The third kappa shape index (κ3) is 3.14. The quantitative estimate of drug-likeness (QED) is 0.799. The molecule has 3 heteroatoms. The van der Waals surface area contributed by atoms with E-state index >= 15 is 0 Å². The molecule has 1 aliphatic rings. The molecule has 0 bridgehead atoms. The van der Waals surface area contributed by atoms with Crippen LogP contribution < -0.4 is 0 Å². The van der Waals surface area contributed by atoms with Crippen molar-refractivity contribution in [1.29, 1.82) is 0 Å². The fourth-order valence-electron chi connectivity index (χ4n) is 2.11. The van der Waals surface area contributed by atoms with Crippen LogP contribution in [0.3, 0.4) is 0 Å². The summed E-state index contributed by atoms with van der Waals surface area (Å²) in [6.07, 6.45) is 4.55. The molecule has 98 valence electrons. The third-order valence-corrected chi connectivity index (χ3v) is 4.01. The van der Waals surface area contributed by atoms with Crippen molar-refractivity contribution in [3.8, 4) is 0 Å². The number of amides is 1. The summed E-state index contributed by atoms with van der Waals surface area (Å²) in [4.78, 5) is 14.6. The molecule has 1 aliphatic carbocycles. The highest BCUT2D eigenvalue weighted by Crippen LogP contribution is 2.30. The summed E-state index contributed by atoms with van der Waals surface area (Å²) in [5, 5.41) is 0. The molecular formula is C15H20BrNO. The highest BCUT2D eigenvalue weighted by molar-refractivity contribution is 9.10. The summed E-state index contributed by atoms with van der Waals surface area (Å²) in [5.41, 5.74) is 1.97. The van der Waals surface area contributed by atoms with E-state index in [0.717, 1.165) is 29.4 Å². The monoisotopic (exact) mass is 309 g/mol. The molecule has 0 heterocycles. The van der Waals surface area contributed by atoms with Gasteiger partial charge in [0, 0.05) is 17.1 Å². The lowest BCUT2D eigenvalue weighted by Crippen LogP contribution is -2.34. The van der Waals surface area contributed by atoms with Gasteiger partial charge in [0.2, 0.25) is 0 Å². The summed E-state index contributed by atoms with van der Waals surface area (Å²) < 4.78 is 0.912. The molecule has 1 aromatic carbocycles. The van der Waals surface area contributed by atoms with Crippen molar-refractivity contribution in [2.24, 2.45) is 0 Å². The van der Waals surface area contributed by atoms with E-state index in [1.54, 1.807) is 0 Å². The van der Waals surface area contributed by atoms with Crippen molar-refractivity contribution in [2.75, 3.05) is 6.54 Å². The minimum atomic E-state index is 0.179. The number of carbonyl (C=O) groups is 1. The standard InChI is InChI=1S/C15H20BrNO/c1-3-4-9-17(12-6-7-12)15(18)13-8-5-11(2)10-14(13)16/h5,8,10,12H,3-4,6-7,9H2,1-2H3. The smallest absolute Gasteiger partial charge is 0.255 e. The van der Waals surface area contributed by atoms with E-state index in [4.69, 9.17) is 0 Å². The summed E-state index contributed by atoms with van der Waals surface area (Å²) >= 11 is 3.51. The van der Waals surface area contributed by atoms with Gasteiger partial charge in [0.15, 0.2) is 0 Å². The van der Waals surface area contributed by atoms with Gasteiger partial charge in [0.1, 0.15) is 0 Å². The van der Waals surface area contributed by atoms with Crippen LogP contribution in [0.4, 0.5) is 0 Å². The number of nitrogens with zero attached hydrogens (tertiary/aromatic N) is 1. The molecule has 1 fully saturated rings. The van der Waals surface area contributed by atoms with Gasteiger partial charge in [-0.2, -0.15) is 0 Å². The van der Waals surface area contributed by atoms with Crippen molar-refractivity contribution in [1.82, 2.24) is 4.90 Å². The molecule has 2 rings (SSSR count). The van der Waals surface area contributed by atoms with Crippen molar-refractivity contribution >= 4 is 21.8 Å². The Balaban J connectivity index is 2.16. The van der Waals surface area contributed by atoms with Gasteiger partial charge in [-0.1, -0.05) is 19.4 Å². The molecule has 0 N–H and O–H groups in total. The van der Waals surface area contributed by atoms with E-state index in [9.17, 15) is 4.79 Å². The zero-order valence-electron chi connectivity index (χ0n) is 11.1. The Bertz CT molecular complexity index is 440. The molecule has 0 unspecified atom stereocenters. The molecule has 0 atom stereocenters. The molecule has 0 aromatic heterocycles. The number of hydrogen-bond acceptors (Lipinski definition) is 1. The topological polar surface area (TPSA) is 20.3 Å². The van der Waals surface area contributed by atoms with Gasteiger partial charge in [-0.3, -0.25) is 4.79 Å². The van der Waals surface area contributed by atoms with Crippen molar-refractivity contribution in [2.45, 2.75) is 45.6 Å². The minimum absolute atomic E-state index is 0.179. The van der Waals surface area contributed by atoms with Crippen LogP contribution in [-0.4, -0.2) is 23.4 Å². The average molecular weight is 310 g/mol. The molecule has 1 amide bonds. The normalized spacial score (nSPS) is 14.6. The number of hydrogen-bond donors (Lipinski definition) is 0. The maximum Gasteiger partial charge on any atom is 0.255 e. The molecule has 0 spiro atoms. The molecule has 0 aliphatic heterocycles. The van der Waals surface area contributed by atoms with Gasteiger partial charge < -0.3 is 4.90 Å². The molecule has 18 heavy (non-hydrogen) atoms. The lowest BCUT2D eigenvalue weighted by molar-refractivity contribution is 0.0740. The van der Waals surface area contributed by atoms with Gasteiger partial charge >= 0.3 is 0 Å². The van der Waals surface area contributed by atoms with Crippen molar-refractivity contribution in [3.63, 3.8) is 0 Å². The minimum Gasteiger partial charge on any atom is -0.336 e. The second-order valence-electron chi connectivity index (χ2n) is 5.07. The highest BCUT2D eigenvalue weighted by atomic mass is 79.9. The van der Waals surface area contributed by atoms with E-state index in [-0.39, 0.29) is 5.91 Å². The Morgan fingerprint density at radius 2 is 2.17 bits per heavy atom. The van der Waals surface area contributed by atoms with Crippen LogP contribution in [0.2, 0.25) is 0 Å². The predicted molar refractivity (Wildman–Crippen MR) is 77.8 cm³/mol. The molecule has 1 aromatic rings. The number of benzene rings is 1. The third-order valence-electron chi connectivity index (χ3n) is 3.36. The zero-order valence-corrected chi connectivity index (χ0v) is 12.7. The largest absolute Gasteiger partial charge is 0.336 e. The van der Waals surface area contributed by atoms with E-state index in [2.05, 4.69) is 27.8 Å². The molecule has 0 saturated heterocycles. The SMILES string of the molecule is CCCCN(C(=O)c1ccc(C)cc1Br)C1CC1.